The van der Waals surface area contributed by atoms with E-state index in [9.17, 15) is 9.59 Å². The Kier molecular flexibility index (Phi) is 6.05. The Bertz CT molecular complexity index is 1240. The second kappa shape index (κ2) is 9.17. The monoisotopic (exact) mass is 477 g/mol. The van der Waals surface area contributed by atoms with E-state index in [1.807, 2.05) is 40.3 Å². The number of methoxy groups -OCH3 is 3. The molecule has 0 saturated carbocycles. The normalized spacial score (nSPS) is 19.5. The predicted molar refractivity (Wildman–Crippen MR) is 132 cm³/mol. The molecule has 1 spiro atoms. The lowest BCUT2D eigenvalue weighted by Gasteiger charge is -2.25. The zero-order valence-electron chi connectivity index (χ0n) is 20.4. The number of aromatic nitrogens is 1. The molecule has 2 saturated heterocycles. The second-order valence-corrected chi connectivity index (χ2v) is 9.49. The average Bonchev–Trinajstić information content (AvgIpc) is 3.62. The number of rotatable bonds is 6. The number of amides is 2. The highest BCUT2D eigenvalue weighted by molar-refractivity contribution is 5.96. The highest BCUT2D eigenvalue weighted by Crippen LogP contribution is 2.42. The summed E-state index contributed by atoms with van der Waals surface area (Å²) >= 11 is 0. The van der Waals surface area contributed by atoms with Crippen LogP contribution < -0.4 is 14.2 Å². The van der Waals surface area contributed by atoms with Gasteiger partial charge in [0.2, 0.25) is 11.7 Å². The van der Waals surface area contributed by atoms with Crippen molar-refractivity contribution in [1.29, 1.82) is 0 Å². The highest BCUT2D eigenvalue weighted by Gasteiger charge is 2.46. The standard InChI is InChI=1S/C27H31N3O5/c1-33-22-12-18(13-23(34-2)25(22)35-3)26(32)30-11-9-27(17-30)8-10-29(16-27)24(31)14-19-15-28-21-7-5-4-6-20(19)21/h4-7,12-13,15,28H,8-11,14,16-17H2,1-3H3. The molecule has 8 heteroatoms. The van der Waals surface area contributed by atoms with Crippen LogP contribution in [0.15, 0.2) is 42.6 Å². The van der Waals surface area contributed by atoms with Crippen LogP contribution in [-0.2, 0) is 11.2 Å². The van der Waals surface area contributed by atoms with Gasteiger partial charge in [0.1, 0.15) is 0 Å². The molecule has 184 valence electrons. The number of likely N-dealkylation sites (tertiary alicyclic amines) is 2. The number of benzene rings is 2. The first-order valence-electron chi connectivity index (χ1n) is 11.9. The third-order valence-corrected chi connectivity index (χ3v) is 7.44. The number of para-hydroxylation sites is 1. The van der Waals surface area contributed by atoms with Crippen LogP contribution in [0.2, 0.25) is 0 Å². The number of hydrogen-bond donors (Lipinski definition) is 1. The minimum Gasteiger partial charge on any atom is -0.493 e. The van der Waals surface area contributed by atoms with Crippen LogP contribution in [0.25, 0.3) is 10.9 Å². The fourth-order valence-corrected chi connectivity index (χ4v) is 5.53. The van der Waals surface area contributed by atoms with Gasteiger partial charge in [-0.05, 0) is 36.6 Å². The summed E-state index contributed by atoms with van der Waals surface area (Å²) in [5.41, 5.74) is 2.52. The van der Waals surface area contributed by atoms with E-state index in [0.29, 0.717) is 48.9 Å². The van der Waals surface area contributed by atoms with E-state index in [0.717, 1.165) is 35.9 Å². The molecule has 2 aliphatic rings. The van der Waals surface area contributed by atoms with Crippen molar-refractivity contribution in [2.45, 2.75) is 19.3 Å². The van der Waals surface area contributed by atoms with Crippen LogP contribution in [0.3, 0.4) is 0 Å². The lowest BCUT2D eigenvalue weighted by atomic mass is 9.86. The first-order chi connectivity index (χ1) is 17.0. The number of carbonyl (C=O) groups is 2. The summed E-state index contributed by atoms with van der Waals surface area (Å²) < 4.78 is 16.2. The number of fused-ring (bicyclic) bond motifs is 1. The Morgan fingerprint density at radius 1 is 0.943 bits per heavy atom. The largest absolute Gasteiger partial charge is 0.493 e. The number of nitrogens with zero attached hydrogens (tertiary/aromatic N) is 2. The third kappa shape index (κ3) is 4.17. The number of hydrogen-bond acceptors (Lipinski definition) is 5. The Balaban J connectivity index is 1.26. The zero-order chi connectivity index (χ0) is 24.6. The number of ether oxygens (including phenoxy) is 3. The summed E-state index contributed by atoms with van der Waals surface area (Å²) in [7, 11) is 4.62. The van der Waals surface area contributed by atoms with Gasteiger partial charge in [0.15, 0.2) is 11.5 Å². The van der Waals surface area contributed by atoms with E-state index in [-0.39, 0.29) is 17.2 Å². The van der Waals surface area contributed by atoms with Crippen LogP contribution in [0.5, 0.6) is 17.2 Å². The van der Waals surface area contributed by atoms with Gasteiger partial charge < -0.3 is 29.0 Å². The van der Waals surface area contributed by atoms with E-state index in [1.54, 1.807) is 12.1 Å². The molecule has 1 aromatic heterocycles. The Morgan fingerprint density at radius 2 is 1.60 bits per heavy atom. The summed E-state index contributed by atoms with van der Waals surface area (Å²) in [5, 5.41) is 1.10. The van der Waals surface area contributed by atoms with Gasteiger partial charge in [-0.2, -0.15) is 0 Å². The van der Waals surface area contributed by atoms with Crippen molar-refractivity contribution in [2.24, 2.45) is 5.41 Å². The van der Waals surface area contributed by atoms with Crippen molar-refractivity contribution in [1.82, 2.24) is 14.8 Å². The SMILES string of the molecule is COc1cc(C(=O)N2CCC3(CCN(C(=O)Cc4c[nH]c5ccccc45)C3)C2)cc(OC)c1OC. The Labute approximate surface area is 204 Å². The third-order valence-electron chi connectivity index (χ3n) is 7.44. The summed E-state index contributed by atoms with van der Waals surface area (Å²) in [6, 6.07) is 11.4. The first-order valence-corrected chi connectivity index (χ1v) is 11.9. The summed E-state index contributed by atoms with van der Waals surface area (Å²) in [4.78, 5) is 33.6. The van der Waals surface area contributed by atoms with Crippen molar-refractivity contribution in [3.8, 4) is 17.2 Å². The fourth-order valence-electron chi connectivity index (χ4n) is 5.53. The Hall–Kier alpha value is -3.68. The van der Waals surface area contributed by atoms with Crippen LogP contribution in [0.4, 0.5) is 0 Å². The van der Waals surface area contributed by atoms with Crippen molar-refractivity contribution in [3.63, 3.8) is 0 Å². The maximum atomic E-state index is 13.4. The molecule has 5 rings (SSSR count). The predicted octanol–water partition coefficient (Wildman–Crippen LogP) is 3.50. The summed E-state index contributed by atoms with van der Waals surface area (Å²) in [5.74, 6) is 1.45. The molecule has 2 amide bonds. The van der Waals surface area contributed by atoms with Crippen molar-refractivity contribution >= 4 is 22.7 Å². The molecule has 3 aromatic rings. The van der Waals surface area contributed by atoms with Gasteiger partial charge >= 0.3 is 0 Å². The molecular formula is C27H31N3O5. The molecule has 2 aliphatic heterocycles. The number of H-pyrrole nitrogens is 1. The smallest absolute Gasteiger partial charge is 0.254 e. The van der Waals surface area contributed by atoms with Crippen LogP contribution >= 0.6 is 0 Å². The van der Waals surface area contributed by atoms with Gasteiger partial charge in [-0.15, -0.1) is 0 Å². The summed E-state index contributed by atoms with van der Waals surface area (Å²) in [6.07, 6.45) is 4.11. The summed E-state index contributed by atoms with van der Waals surface area (Å²) in [6.45, 7) is 2.72. The average molecular weight is 478 g/mol. The van der Waals surface area contributed by atoms with E-state index >= 15 is 0 Å². The van der Waals surface area contributed by atoms with Gasteiger partial charge in [0, 0.05) is 54.3 Å². The molecule has 1 unspecified atom stereocenters. The maximum Gasteiger partial charge on any atom is 0.254 e. The molecular weight excluding hydrogens is 446 g/mol. The lowest BCUT2D eigenvalue weighted by molar-refractivity contribution is -0.129. The van der Waals surface area contributed by atoms with Crippen LogP contribution in [-0.4, -0.2) is 74.1 Å². The van der Waals surface area contributed by atoms with Crippen molar-refractivity contribution in [3.05, 3.63) is 53.7 Å². The van der Waals surface area contributed by atoms with Gasteiger partial charge in [-0.3, -0.25) is 9.59 Å². The van der Waals surface area contributed by atoms with Gasteiger partial charge in [0.25, 0.3) is 5.91 Å². The lowest BCUT2D eigenvalue weighted by Crippen LogP contribution is -2.36. The molecule has 1 N–H and O–H groups in total. The highest BCUT2D eigenvalue weighted by atomic mass is 16.5. The topological polar surface area (TPSA) is 84.1 Å². The number of carbonyl (C=O) groups excluding carboxylic acids is 2. The number of aromatic amines is 1. The van der Waals surface area contributed by atoms with Gasteiger partial charge in [0.05, 0.1) is 27.8 Å². The van der Waals surface area contributed by atoms with Gasteiger partial charge in [-0.1, -0.05) is 18.2 Å². The van der Waals surface area contributed by atoms with E-state index < -0.39 is 0 Å². The number of nitrogens with one attached hydrogen (secondary N) is 1. The zero-order valence-corrected chi connectivity index (χ0v) is 20.4. The molecule has 2 aromatic carbocycles. The molecule has 0 radical (unpaired) electrons. The second-order valence-electron chi connectivity index (χ2n) is 9.49. The minimum atomic E-state index is -0.0651. The molecule has 0 aliphatic carbocycles. The molecule has 1 atom stereocenters. The molecule has 35 heavy (non-hydrogen) atoms. The molecule has 8 nitrogen and oxygen atoms in total. The maximum absolute atomic E-state index is 13.4. The quantitative estimate of drug-likeness (QED) is 0.588. The Morgan fingerprint density at radius 3 is 2.29 bits per heavy atom. The van der Waals surface area contributed by atoms with Crippen molar-refractivity contribution in [2.75, 3.05) is 47.5 Å². The van der Waals surface area contributed by atoms with E-state index in [4.69, 9.17) is 14.2 Å². The fraction of sp³-hybridized carbons (Fsp3) is 0.407. The first kappa shape index (κ1) is 23.1. The minimum absolute atomic E-state index is 0.0494. The molecule has 0 bridgehead atoms. The molecule has 2 fully saturated rings. The van der Waals surface area contributed by atoms with Crippen LogP contribution in [0.1, 0.15) is 28.8 Å². The van der Waals surface area contributed by atoms with E-state index in [2.05, 4.69) is 4.98 Å². The van der Waals surface area contributed by atoms with Crippen LogP contribution in [0, 0.1) is 5.41 Å². The molecule has 3 heterocycles. The van der Waals surface area contributed by atoms with E-state index in [1.165, 1.54) is 21.3 Å². The van der Waals surface area contributed by atoms with Gasteiger partial charge in [-0.25, -0.2) is 0 Å². The van der Waals surface area contributed by atoms with Crippen molar-refractivity contribution < 1.29 is 23.8 Å².